The normalized spacial score (nSPS) is 12.7. The van der Waals surface area contributed by atoms with Gasteiger partial charge in [0.15, 0.2) is 5.88 Å². The zero-order valence-corrected chi connectivity index (χ0v) is 26.6. The van der Waals surface area contributed by atoms with Gasteiger partial charge in [0.1, 0.15) is 27.8 Å². The molecule has 0 aliphatic heterocycles. The van der Waals surface area contributed by atoms with Crippen LogP contribution in [0.25, 0.3) is 21.5 Å². The molecule has 15 nitrogen and oxygen atoms in total. The lowest BCUT2D eigenvalue weighted by Gasteiger charge is -2.21. The first-order valence-corrected chi connectivity index (χ1v) is 17.1. The van der Waals surface area contributed by atoms with E-state index in [1.807, 2.05) is 12.1 Å². The number of hydrogen-bond donors (Lipinski definition) is 5. The number of nitrogens with one attached hydrogen (secondary N) is 1. The highest BCUT2D eigenvalue weighted by atomic mass is 35.5. The van der Waals surface area contributed by atoms with Gasteiger partial charge in [0.2, 0.25) is 16.9 Å². The van der Waals surface area contributed by atoms with Gasteiger partial charge in [-0.05, 0) is 53.4 Å². The number of phenols is 2. The van der Waals surface area contributed by atoms with E-state index in [2.05, 4.69) is 30.2 Å². The standard InChI is InChI=1S/C30H22ClN7O8S2/c31-28-33-29(35-30(34-28)38(16-47(41,42)43)19-7-2-1-3-8-19)32-18-11-12-21-22(14-18)25(48(44,45)46)15-24(40)27(21)37-36-26-20-9-5-4-6-17(20)10-13-23(26)39/h1-15,39-40H,16H2,(H,41,42,43)(H,44,45,46)(H,32,33,34,35). The van der Waals surface area contributed by atoms with Crippen molar-refractivity contribution in [2.45, 2.75) is 4.90 Å². The van der Waals surface area contributed by atoms with E-state index >= 15 is 0 Å². The number of aromatic hydroxyl groups is 2. The number of halogens is 1. The van der Waals surface area contributed by atoms with Gasteiger partial charge in [0.25, 0.3) is 20.2 Å². The van der Waals surface area contributed by atoms with Gasteiger partial charge < -0.3 is 10.2 Å². The van der Waals surface area contributed by atoms with Crippen molar-refractivity contribution in [1.82, 2.24) is 15.0 Å². The Hall–Kier alpha value is -5.46. The number of phenolic OH excluding ortho intramolecular Hbond substituents is 2. The smallest absolute Gasteiger partial charge is 0.295 e. The monoisotopic (exact) mass is 707 g/mol. The van der Waals surface area contributed by atoms with Crippen LogP contribution in [0.3, 0.4) is 0 Å². The minimum Gasteiger partial charge on any atom is -0.506 e. The van der Waals surface area contributed by atoms with Crippen LogP contribution in [0, 0.1) is 0 Å². The zero-order chi connectivity index (χ0) is 34.2. The second-order valence-corrected chi connectivity index (χ2v) is 13.3. The third-order valence-electron chi connectivity index (χ3n) is 6.91. The number of fused-ring (bicyclic) bond motifs is 2. The van der Waals surface area contributed by atoms with E-state index < -0.39 is 36.8 Å². The number of aromatic amines is 1. The Morgan fingerprint density at radius 2 is 1.44 bits per heavy atom. The molecular weight excluding hydrogens is 686 g/mol. The molecule has 18 heteroatoms. The van der Waals surface area contributed by atoms with Gasteiger partial charge in [-0.3, -0.25) is 19.0 Å². The summed E-state index contributed by atoms with van der Waals surface area (Å²) in [5.41, 5.74) is 0.148. The molecule has 6 rings (SSSR count). The Morgan fingerprint density at radius 1 is 0.750 bits per heavy atom. The maximum atomic E-state index is 12.4. The Kier molecular flexibility index (Phi) is 8.54. The summed E-state index contributed by atoms with van der Waals surface area (Å²) in [5, 5.41) is 30.5. The summed E-state index contributed by atoms with van der Waals surface area (Å²) in [4.78, 5) is 15.6. The average Bonchev–Trinajstić information content (AvgIpc) is 3.03. The lowest BCUT2D eigenvalue weighted by Crippen LogP contribution is -2.29. The van der Waals surface area contributed by atoms with E-state index in [-0.39, 0.29) is 50.4 Å². The fraction of sp³-hybridized carbons (Fsp3) is 0.0333. The molecule has 0 radical (unpaired) electrons. The van der Waals surface area contributed by atoms with Crippen molar-refractivity contribution >= 4 is 82.1 Å². The number of aromatic nitrogens is 3. The van der Waals surface area contributed by atoms with Gasteiger partial charge in [-0.15, -0.1) is 10.2 Å². The summed E-state index contributed by atoms with van der Waals surface area (Å²) in [6, 6.07) is 23.2. The molecule has 0 atom stereocenters. The number of hydrogen-bond acceptors (Lipinski definition) is 12. The van der Waals surface area contributed by atoms with Gasteiger partial charge in [0, 0.05) is 27.9 Å². The summed E-state index contributed by atoms with van der Waals surface area (Å²) >= 11 is 6.15. The summed E-state index contributed by atoms with van der Waals surface area (Å²) in [7, 11) is -9.44. The number of anilines is 2. The summed E-state index contributed by atoms with van der Waals surface area (Å²) in [5.74, 6) is -1.85. The van der Waals surface area contributed by atoms with E-state index in [0.29, 0.717) is 11.1 Å². The second kappa shape index (κ2) is 12.6. The van der Waals surface area contributed by atoms with Crippen LogP contribution in [0.2, 0.25) is 5.28 Å². The largest absolute Gasteiger partial charge is 0.506 e. The average molecular weight is 708 g/mol. The maximum Gasteiger partial charge on any atom is 0.295 e. The third-order valence-corrected chi connectivity index (χ3v) is 8.56. The summed E-state index contributed by atoms with van der Waals surface area (Å²) in [6.07, 6.45) is 0. The van der Waals surface area contributed by atoms with Gasteiger partial charge >= 0.3 is 0 Å². The van der Waals surface area contributed by atoms with Crippen LogP contribution in [0.1, 0.15) is 0 Å². The lowest BCUT2D eigenvalue weighted by molar-refractivity contribution is 0.468. The van der Waals surface area contributed by atoms with Crippen LogP contribution in [0.5, 0.6) is 11.5 Å². The van der Waals surface area contributed by atoms with Crippen LogP contribution in [0.4, 0.5) is 28.7 Å². The molecule has 0 saturated heterocycles. The molecule has 0 saturated carbocycles. The van der Waals surface area contributed by atoms with E-state index in [0.717, 1.165) is 16.4 Å². The Morgan fingerprint density at radius 3 is 2.15 bits per heavy atom. The molecule has 1 aromatic heterocycles. The third kappa shape index (κ3) is 6.94. The molecule has 5 N–H and O–H groups in total. The van der Waals surface area contributed by atoms with Crippen molar-refractivity contribution in [2.75, 3.05) is 10.8 Å². The quantitative estimate of drug-likeness (QED) is 0.0902. The summed E-state index contributed by atoms with van der Waals surface area (Å²) < 4.78 is 68.0. The van der Waals surface area contributed by atoms with Crippen molar-refractivity contribution in [1.29, 1.82) is 0 Å². The van der Waals surface area contributed by atoms with Crippen molar-refractivity contribution < 1.29 is 36.2 Å². The molecule has 0 unspecified atom stereocenters. The summed E-state index contributed by atoms with van der Waals surface area (Å²) in [6.45, 7) is 0. The van der Waals surface area contributed by atoms with E-state index in [1.54, 1.807) is 48.5 Å². The molecule has 244 valence electrons. The molecule has 0 aliphatic carbocycles. The predicted octanol–water partition coefficient (Wildman–Crippen LogP) is 6.05. The Labute approximate surface area is 276 Å². The van der Waals surface area contributed by atoms with Gasteiger partial charge in [0.05, 0.1) is 5.69 Å². The van der Waals surface area contributed by atoms with Crippen LogP contribution in [-0.4, -0.2) is 57.0 Å². The fourth-order valence-corrected chi connectivity index (χ4v) is 6.34. The van der Waals surface area contributed by atoms with Crippen molar-refractivity contribution in [3.8, 4) is 11.5 Å². The number of benzene rings is 5. The molecule has 0 fully saturated rings. The van der Waals surface area contributed by atoms with E-state index in [4.69, 9.17) is 11.6 Å². The number of H-pyrrole nitrogens is 1. The van der Waals surface area contributed by atoms with Crippen LogP contribution in [0.15, 0.2) is 111 Å². The van der Waals surface area contributed by atoms with Crippen molar-refractivity contribution in [2.24, 2.45) is 15.2 Å². The van der Waals surface area contributed by atoms with Crippen LogP contribution in [-0.2, 0) is 20.2 Å². The highest BCUT2D eigenvalue weighted by Gasteiger charge is 2.22. The van der Waals surface area contributed by atoms with Crippen LogP contribution >= 0.6 is 11.6 Å². The number of rotatable bonds is 8. The number of azo groups is 1. The topological polar surface area (TPSA) is 231 Å². The highest BCUT2D eigenvalue weighted by molar-refractivity contribution is 7.86. The lowest BCUT2D eigenvalue weighted by atomic mass is 10.1. The van der Waals surface area contributed by atoms with Crippen LogP contribution < -0.4 is 10.5 Å². The first kappa shape index (κ1) is 32.5. The minimum absolute atomic E-state index is 0.0545. The molecule has 0 spiro atoms. The first-order valence-electron chi connectivity index (χ1n) is 13.6. The molecule has 5 aromatic carbocycles. The molecule has 48 heavy (non-hydrogen) atoms. The molecule has 0 amide bonds. The first-order chi connectivity index (χ1) is 22.8. The van der Waals surface area contributed by atoms with Crippen molar-refractivity contribution in [3.63, 3.8) is 0 Å². The van der Waals surface area contributed by atoms with Gasteiger partial charge in [-0.1, -0.05) is 48.5 Å². The van der Waals surface area contributed by atoms with Crippen molar-refractivity contribution in [3.05, 3.63) is 102 Å². The number of para-hydroxylation sites is 1. The number of nitrogens with zero attached hydrogens (tertiary/aromatic N) is 6. The van der Waals surface area contributed by atoms with Gasteiger partial charge in [-0.25, -0.2) is 4.99 Å². The minimum atomic E-state index is -4.89. The predicted molar refractivity (Wildman–Crippen MR) is 177 cm³/mol. The second-order valence-electron chi connectivity index (χ2n) is 10.2. The van der Waals surface area contributed by atoms with E-state index in [9.17, 15) is 36.2 Å². The fourth-order valence-electron chi connectivity index (χ4n) is 4.88. The highest BCUT2D eigenvalue weighted by Crippen LogP contribution is 2.43. The molecule has 0 aliphatic rings. The molecular formula is C30H22ClN7O8S2. The Bertz CT molecular complexity index is 2550. The zero-order valence-electron chi connectivity index (χ0n) is 24.2. The maximum absolute atomic E-state index is 12.4. The molecule has 0 bridgehead atoms. The van der Waals surface area contributed by atoms with Gasteiger partial charge in [-0.2, -0.15) is 26.8 Å². The van der Waals surface area contributed by atoms with E-state index in [1.165, 1.54) is 24.3 Å². The molecule has 1 heterocycles. The SMILES string of the molecule is O=S(=O)(O)CN(c1ccccc1)c1nc(Cl)nc(=Nc2ccc3c(N=Nc4c(O)ccc5ccccc45)c(O)cc(S(=O)(=O)O)c3c2)[nH]1. The Balaban J connectivity index is 1.50. The molecule has 6 aromatic rings.